The number of carbonyl (C=O) groups is 2. The molecule has 0 saturated carbocycles. The highest BCUT2D eigenvalue weighted by molar-refractivity contribution is 6.25. The second-order valence-corrected chi connectivity index (χ2v) is 6.23. The van der Waals surface area contributed by atoms with E-state index in [1.54, 1.807) is 20.8 Å². The van der Waals surface area contributed by atoms with Gasteiger partial charge in [0.25, 0.3) is 0 Å². The minimum absolute atomic E-state index is 0.00335. The minimum atomic E-state index is -0.0515. The smallest absolute Gasteiger partial charge is 0.186 e. The van der Waals surface area contributed by atoms with Crippen molar-refractivity contribution in [1.29, 1.82) is 0 Å². The third kappa shape index (κ3) is 3.57. The van der Waals surface area contributed by atoms with Crippen molar-refractivity contribution in [2.24, 2.45) is 0 Å². The summed E-state index contributed by atoms with van der Waals surface area (Å²) in [6, 6.07) is 10.00. The molecule has 0 radical (unpaired) electrons. The van der Waals surface area contributed by atoms with Gasteiger partial charge in [0.15, 0.2) is 11.6 Å². The van der Waals surface area contributed by atoms with E-state index in [0.29, 0.717) is 22.3 Å². The van der Waals surface area contributed by atoms with E-state index in [9.17, 15) is 9.59 Å². The Kier molecular flexibility index (Phi) is 5.93. The molecule has 0 fully saturated rings. The summed E-state index contributed by atoms with van der Waals surface area (Å²) in [5.41, 5.74) is 3.50. The Morgan fingerprint density at radius 1 is 0.917 bits per heavy atom. The summed E-state index contributed by atoms with van der Waals surface area (Å²) in [5, 5.41) is 0. The molecule has 2 rings (SSSR count). The van der Waals surface area contributed by atoms with Gasteiger partial charge in [0, 0.05) is 34.6 Å². The molecule has 24 heavy (non-hydrogen) atoms. The lowest BCUT2D eigenvalue weighted by atomic mass is 9.76. The molecule has 0 bridgehead atoms. The van der Waals surface area contributed by atoms with Gasteiger partial charge >= 0.3 is 0 Å². The quantitative estimate of drug-likeness (QED) is 0.445. The van der Waals surface area contributed by atoms with Crippen LogP contribution in [-0.2, 0) is 9.59 Å². The number of rotatable bonds is 5. The van der Waals surface area contributed by atoms with E-state index in [4.69, 9.17) is 0 Å². The van der Waals surface area contributed by atoms with Crippen molar-refractivity contribution in [3.8, 4) is 11.8 Å². The van der Waals surface area contributed by atoms with E-state index in [1.807, 2.05) is 37.3 Å². The highest BCUT2D eigenvalue weighted by atomic mass is 16.1. The zero-order valence-corrected chi connectivity index (χ0v) is 14.9. The van der Waals surface area contributed by atoms with Crippen LogP contribution in [0.15, 0.2) is 52.6 Å². The normalized spacial score (nSPS) is 16.2. The van der Waals surface area contributed by atoms with Crippen LogP contribution in [0, 0.1) is 11.8 Å². The van der Waals surface area contributed by atoms with Crippen LogP contribution in [0.3, 0.4) is 0 Å². The van der Waals surface area contributed by atoms with Crippen LogP contribution in [0.4, 0.5) is 0 Å². The van der Waals surface area contributed by atoms with E-state index >= 15 is 0 Å². The molecular weight excluding hydrogens is 296 g/mol. The third-order valence-corrected chi connectivity index (χ3v) is 4.75. The number of hydrogen-bond donors (Lipinski definition) is 0. The standard InChI is InChI=1S/C22H24O2/c1-5-6-7-11-14-19(18-12-9-8-10-13-18)20-17(4)21(23)15(2)16(3)22(20)24/h8-10,12-13,19H,7,11,14H2,1-4H3. The molecule has 1 atom stereocenters. The lowest BCUT2D eigenvalue weighted by molar-refractivity contribution is -0.116. The Balaban J connectivity index is 2.44. The third-order valence-electron chi connectivity index (χ3n) is 4.75. The molecule has 1 aromatic rings. The van der Waals surface area contributed by atoms with Crippen molar-refractivity contribution in [3.05, 3.63) is 58.2 Å². The van der Waals surface area contributed by atoms with Crippen LogP contribution in [0.25, 0.3) is 0 Å². The number of benzene rings is 1. The lowest BCUT2D eigenvalue weighted by Gasteiger charge is -2.26. The number of hydrogen-bond acceptors (Lipinski definition) is 2. The molecule has 0 heterocycles. The first kappa shape index (κ1) is 17.9. The summed E-state index contributed by atoms with van der Waals surface area (Å²) in [4.78, 5) is 25.4. The van der Waals surface area contributed by atoms with Crippen LogP contribution in [0.1, 0.15) is 58.4 Å². The first-order valence-corrected chi connectivity index (χ1v) is 8.41. The summed E-state index contributed by atoms with van der Waals surface area (Å²) in [6.45, 7) is 7.12. The Morgan fingerprint density at radius 3 is 2.17 bits per heavy atom. The van der Waals surface area contributed by atoms with E-state index in [1.165, 1.54) is 0 Å². The molecule has 0 amide bonds. The number of allylic oxidation sites excluding steroid dienone is 4. The number of carbonyl (C=O) groups excluding carboxylic acids is 2. The van der Waals surface area contributed by atoms with Gasteiger partial charge in [-0.2, -0.15) is 0 Å². The maximum atomic E-state index is 12.9. The van der Waals surface area contributed by atoms with Crippen molar-refractivity contribution in [2.75, 3.05) is 0 Å². The molecule has 2 nitrogen and oxygen atoms in total. The zero-order chi connectivity index (χ0) is 17.7. The minimum Gasteiger partial charge on any atom is -0.289 e. The Labute approximate surface area is 144 Å². The van der Waals surface area contributed by atoms with Crippen LogP contribution in [0.5, 0.6) is 0 Å². The van der Waals surface area contributed by atoms with Gasteiger partial charge in [0.05, 0.1) is 0 Å². The topological polar surface area (TPSA) is 34.1 Å². The second kappa shape index (κ2) is 7.93. The largest absolute Gasteiger partial charge is 0.289 e. The fourth-order valence-electron chi connectivity index (χ4n) is 3.22. The van der Waals surface area contributed by atoms with E-state index in [-0.39, 0.29) is 17.5 Å². The maximum absolute atomic E-state index is 12.9. The summed E-state index contributed by atoms with van der Waals surface area (Å²) >= 11 is 0. The molecule has 0 aliphatic heterocycles. The van der Waals surface area contributed by atoms with Gasteiger partial charge < -0.3 is 0 Å². The molecule has 1 unspecified atom stereocenters. The van der Waals surface area contributed by atoms with Crippen molar-refractivity contribution < 1.29 is 9.59 Å². The van der Waals surface area contributed by atoms with Gasteiger partial charge in [-0.1, -0.05) is 30.3 Å². The molecule has 1 aliphatic carbocycles. The molecule has 2 heteroatoms. The average Bonchev–Trinajstić information content (AvgIpc) is 2.61. The Hall–Kier alpha value is -2.40. The van der Waals surface area contributed by atoms with Gasteiger partial charge in [0.2, 0.25) is 0 Å². The first-order chi connectivity index (χ1) is 11.5. The maximum Gasteiger partial charge on any atom is 0.186 e. The molecule has 0 aromatic heterocycles. The fourth-order valence-corrected chi connectivity index (χ4v) is 3.22. The summed E-state index contributed by atoms with van der Waals surface area (Å²) < 4.78 is 0. The van der Waals surface area contributed by atoms with Crippen LogP contribution in [-0.4, -0.2) is 11.6 Å². The van der Waals surface area contributed by atoms with Crippen LogP contribution < -0.4 is 0 Å². The summed E-state index contributed by atoms with van der Waals surface area (Å²) in [7, 11) is 0. The van der Waals surface area contributed by atoms with Crippen molar-refractivity contribution in [3.63, 3.8) is 0 Å². The Bertz CT molecular complexity index is 767. The highest BCUT2D eigenvalue weighted by Gasteiger charge is 2.32. The van der Waals surface area contributed by atoms with Gasteiger partial charge in [-0.3, -0.25) is 9.59 Å². The average molecular weight is 320 g/mol. The predicted molar refractivity (Wildman–Crippen MR) is 97.6 cm³/mol. The summed E-state index contributed by atoms with van der Waals surface area (Å²) in [6.07, 6.45) is 2.53. The fraction of sp³-hybridized carbons (Fsp3) is 0.364. The van der Waals surface area contributed by atoms with Gasteiger partial charge in [-0.15, -0.1) is 11.8 Å². The highest BCUT2D eigenvalue weighted by Crippen LogP contribution is 2.37. The van der Waals surface area contributed by atoms with Crippen molar-refractivity contribution in [1.82, 2.24) is 0 Å². The van der Waals surface area contributed by atoms with Crippen molar-refractivity contribution >= 4 is 11.6 Å². The van der Waals surface area contributed by atoms with E-state index in [0.717, 1.165) is 24.8 Å². The molecular formula is C22H24O2. The Morgan fingerprint density at radius 2 is 1.54 bits per heavy atom. The predicted octanol–water partition coefficient (Wildman–Crippen LogP) is 4.77. The monoisotopic (exact) mass is 320 g/mol. The number of Topliss-reactive ketones (excluding diaryl/α,β-unsaturated/α-hetero) is 2. The molecule has 0 saturated heterocycles. The van der Waals surface area contributed by atoms with Gasteiger partial charge in [0.1, 0.15) is 0 Å². The molecule has 124 valence electrons. The molecule has 0 N–H and O–H groups in total. The van der Waals surface area contributed by atoms with Gasteiger partial charge in [-0.25, -0.2) is 0 Å². The van der Waals surface area contributed by atoms with Crippen molar-refractivity contribution in [2.45, 2.75) is 52.9 Å². The van der Waals surface area contributed by atoms with E-state index < -0.39 is 0 Å². The second-order valence-electron chi connectivity index (χ2n) is 6.23. The van der Waals surface area contributed by atoms with E-state index in [2.05, 4.69) is 11.8 Å². The molecule has 0 spiro atoms. The summed E-state index contributed by atoms with van der Waals surface area (Å²) in [5.74, 6) is 5.94. The zero-order valence-electron chi connectivity index (χ0n) is 14.9. The van der Waals surface area contributed by atoms with Gasteiger partial charge in [-0.05, 0) is 46.1 Å². The SMILES string of the molecule is CC#CCCCC(C1=C(C)C(=O)C(C)=C(C)C1=O)c1ccccc1. The molecule has 1 aliphatic rings. The number of ketones is 2. The first-order valence-electron chi connectivity index (χ1n) is 8.41. The van der Waals surface area contributed by atoms with Crippen LogP contribution >= 0.6 is 0 Å². The number of unbranched alkanes of at least 4 members (excludes halogenated alkanes) is 1. The molecule has 1 aromatic carbocycles. The lowest BCUT2D eigenvalue weighted by Crippen LogP contribution is -2.24. The van der Waals surface area contributed by atoms with Crippen LogP contribution in [0.2, 0.25) is 0 Å².